The minimum atomic E-state index is 0.357. The molecule has 112 valence electrons. The molecule has 4 rings (SSSR count). The first kappa shape index (κ1) is 13.2. The summed E-state index contributed by atoms with van der Waals surface area (Å²) in [6.45, 7) is 1.90. The molecule has 2 aliphatic heterocycles. The van der Waals surface area contributed by atoms with Crippen LogP contribution in [0.5, 0.6) is 0 Å². The van der Waals surface area contributed by atoms with Gasteiger partial charge in [-0.3, -0.25) is 4.79 Å². The lowest BCUT2D eigenvalue weighted by molar-refractivity contribution is -0.136. The fourth-order valence-electron chi connectivity index (χ4n) is 4.63. The maximum atomic E-state index is 12.8. The van der Waals surface area contributed by atoms with Crippen LogP contribution in [-0.2, 0) is 4.79 Å². The van der Waals surface area contributed by atoms with Crippen LogP contribution in [0.25, 0.3) is 0 Å². The number of rotatable bonds is 2. The van der Waals surface area contributed by atoms with Gasteiger partial charge in [0.15, 0.2) is 0 Å². The molecule has 3 unspecified atom stereocenters. The van der Waals surface area contributed by atoms with Crippen molar-refractivity contribution in [3.8, 4) is 0 Å². The van der Waals surface area contributed by atoms with E-state index >= 15 is 0 Å². The van der Waals surface area contributed by atoms with Crippen molar-refractivity contribution >= 4 is 11.6 Å². The van der Waals surface area contributed by atoms with Gasteiger partial charge in [-0.05, 0) is 43.2 Å². The Labute approximate surface area is 126 Å². The number of anilines is 1. The molecule has 2 heterocycles. The minimum absolute atomic E-state index is 0.357. The number of carbonyl (C=O) groups excluding carboxylic acids is 1. The Morgan fingerprint density at radius 1 is 1.19 bits per heavy atom. The van der Waals surface area contributed by atoms with Crippen molar-refractivity contribution in [2.24, 2.45) is 5.92 Å². The topological polar surface area (TPSA) is 32.3 Å². The van der Waals surface area contributed by atoms with E-state index in [0.717, 1.165) is 19.0 Å². The highest BCUT2D eigenvalue weighted by Gasteiger charge is 2.38. The van der Waals surface area contributed by atoms with Gasteiger partial charge in [-0.2, -0.15) is 0 Å². The van der Waals surface area contributed by atoms with Gasteiger partial charge >= 0.3 is 0 Å². The Morgan fingerprint density at radius 3 is 3.00 bits per heavy atom. The van der Waals surface area contributed by atoms with Crippen molar-refractivity contribution in [1.82, 2.24) is 4.90 Å². The summed E-state index contributed by atoms with van der Waals surface area (Å²) in [5.74, 6) is 1.53. The van der Waals surface area contributed by atoms with E-state index in [0.29, 0.717) is 24.3 Å². The third-order valence-electron chi connectivity index (χ3n) is 5.67. The molecule has 3 aliphatic rings. The molecule has 1 saturated heterocycles. The van der Waals surface area contributed by atoms with Crippen molar-refractivity contribution in [2.75, 3.05) is 18.4 Å². The van der Waals surface area contributed by atoms with Gasteiger partial charge in [-0.1, -0.05) is 24.6 Å². The average molecular weight is 284 g/mol. The molecule has 2 fully saturated rings. The van der Waals surface area contributed by atoms with Gasteiger partial charge in [-0.25, -0.2) is 0 Å². The fourth-order valence-corrected chi connectivity index (χ4v) is 4.63. The molecule has 3 atom stereocenters. The quantitative estimate of drug-likeness (QED) is 0.903. The summed E-state index contributed by atoms with van der Waals surface area (Å²) in [5, 5.41) is 3.43. The first-order valence-corrected chi connectivity index (χ1v) is 8.45. The third kappa shape index (κ3) is 2.33. The van der Waals surface area contributed by atoms with E-state index in [1.165, 1.54) is 43.4 Å². The van der Waals surface area contributed by atoms with E-state index in [2.05, 4.69) is 34.5 Å². The van der Waals surface area contributed by atoms with Crippen LogP contribution in [0, 0.1) is 5.92 Å². The minimum Gasteiger partial charge on any atom is -0.384 e. The number of carbonyl (C=O) groups is 1. The number of likely N-dealkylation sites (tertiary alicyclic amines) is 1. The molecular formula is C18H24N2O. The van der Waals surface area contributed by atoms with E-state index in [9.17, 15) is 4.79 Å². The van der Waals surface area contributed by atoms with Crippen LogP contribution < -0.4 is 5.32 Å². The second-order valence-electron chi connectivity index (χ2n) is 6.86. The van der Waals surface area contributed by atoms with Crippen molar-refractivity contribution in [1.29, 1.82) is 0 Å². The lowest BCUT2D eigenvalue weighted by atomic mass is 9.90. The van der Waals surface area contributed by atoms with E-state index in [1.807, 2.05) is 0 Å². The van der Waals surface area contributed by atoms with E-state index in [1.54, 1.807) is 0 Å². The van der Waals surface area contributed by atoms with Crippen LogP contribution >= 0.6 is 0 Å². The first-order chi connectivity index (χ1) is 10.3. The zero-order valence-corrected chi connectivity index (χ0v) is 12.6. The van der Waals surface area contributed by atoms with E-state index in [-0.39, 0.29) is 0 Å². The highest BCUT2D eigenvalue weighted by Crippen LogP contribution is 2.39. The van der Waals surface area contributed by atoms with Crippen LogP contribution in [0.2, 0.25) is 0 Å². The maximum Gasteiger partial charge on any atom is 0.223 e. The molecule has 0 radical (unpaired) electrons. The van der Waals surface area contributed by atoms with Crippen molar-refractivity contribution in [2.45, 2.75) is 50.5 Å². The molecule has 1 aromatic carbocycles. The summed E-state index contributed by atoms with van der Waals surface area (Å²) < 4.78 is 0. The summed E-state index contributed by atoms with van der Waals surface area (Å²) in [6.07, 6.45) is 7.09. The van der Waals surface area contributed by atoms with Gasteiger partial charge in [0.1, 0.15) is 0 Å². The number of para-hydroxylation sites is 1. The molecule has 21 heavy (non-hydrogen) atoms. The molecule has 1 N–H and O–H groups in total. The zero-order valence-electron chi connectivity index (χ0n) is 12.6. The standard InChI is InChI=1S/C18H24N2O/c21-18(20-10-4-6-13-5-3-9-17(13)20)11-14-12-19-16-8-2-1-7-15(14)16/h1-2,7-8,13-14,17,19H,3-6,9-12H2. The van der Waals surface area contributed by atoms with E-state index < -0.39 is 0 Å². The average Bonchev–Trinajstić information content (AvgIpc) is 3.14. The Bertz CT molecular complexity index is 542. The lowest BCUT2D eigenvalue weighted by Gasteiger charge is -2.38. The molecule has 1 aromatic rings. The Hall–Kier alpha value is -1.51. The molecule has 3 heteroatoms. The van der Waals surface area contributed by atoms with Gasteiger partial charge in [0.25, 0.3) is 0 Å². The molecule has 1 amide bonds. The normalized spacial score (nSPS) is 30.7. The summed E-state index contributed by atoms with van der Waals surface area (Å²) in [5.41, 5.74) is 2.54. The first-order valence-electron chi connectivity index (χ1n) is 8.45. The predicted molar refractivity (Wildman–Crippen MR) is 84.4 cm³/mol. The Kier molecular flexibility index (Phi) is 3.36. The van der Waals surface area contributed by atoms with Gasteiger partial charge < -0.3 is 10.2 Å². The molecular weight excluding hydrogens is 260 g/mol. The number of piperidine rings is 1. The summed E-state index contributed by atoms with van der Waals surface area (Å²) in [6, 6.07) is 8.98. The Morgan fingerprint density at radius 2 is 2.05 bits per heavy atom. The largest absolute Gasteiger partial charge is 0.384 e. The fraction of sp³-hybridized carbons (Fsp3) is 0.611. The third-order valence-corrected chi connectivity index (χ3v) is 5.67. The van der Waals surface area contributed by atoms with Gasteiger partial charge in [-0.15, -0.1) is 0 Å². The number of nitrogens with one attached hydrogen (secondary N) is 1. The van der Waals surface area contributed by atoms with Crippen molar-refractivity contribution in [3.05, 3.63) is 29.8 Å². The zero-order chi connectivity index (χ0) is 14.2. The van der Waals surface area contributed by atoms with Crippen molar-refractivity contribution in [3.63, 3.8) is 0 Å². The summed E-state index contributed by atoms with van der Waals surface area (Å²) in [4.78, 5) is 15.0. The molecule has 1 aliphatic carbocycles. The van der Waals surface area contributed by atoms with Crippen LogP contribution in [0.4, 0.5) is 5.69 Å². The molecule has 0 aromatic heterocycles. The number of fused-ring (bicyclic) bond motifs is 2. The second-order valence-corrected chi connectivity index (χ2v) is 6.86. The molecule has 0 bridgehead atoms. The number of nitrogens with zero attached hydrogens (tertiary/aromatic N) is 1. The molecule has 1 saturated carbocycles. The highest BCUT2D eigenvalue weighted by molar-refractivity contribution is 5.79. The van der Waals surface area contributed by atoms with Crippen LogP contribution in [0.1, 0.15) is 50.0 Å². The predicted octanol–water partition coefficient (Wildman–Crippen LogP) is 3.38. The summed E-state index contributed by atoms with van der Waals surface area (Å²) >= 11 is 0. The van der Waals surface area contributed by atoms with E-state index in [4.69, 9.17) is 0 Å². The SMILES string of the molecule is O=C(CC1CNc2ccccc21)N1CCCC2CCCC21. The molecule has 0 spiro atoms. The smallest absolute Gasteiger partial charge is 0.223 e. The number of hydrogen-bond donors (Lipinski definition) is 1. The number of hydrogen-bond acceptors (Lipinski definition) is 2. The Balaban J connectivity index is 1.46. The van der Waals surface area contributed by atoms with Crippen molar-refractivity contribution < 1.29 is 4.79 Å². The van der Waals surface area contributed by atoms with Crippen LogP contribution in [0.15, 0.2) is 24.3 Å². The summed E-state index contributed by atoms with van der Waals surface area (Å²) in [7, 11) is 0. The second kappa shape index (κ2) is 5.36. The lowest BCUT2D eigenvalue weighted by Crippen LogP contribution is -2.46. The molecule has 3 nitrogen and oxygen atoms in total. The maximum absolute atomic E-state index is 12.8. The van der Waals surface area contributed by atoms with Crippen LogP contribution in [0.3, 0.4) is 0 Å². The van der Waals surface area contributed by atoms with Gasteiger partial charge in [0.05, 0.1) is 0 Å². The van der Waals surface area contributed by atoms with Crippen LogP contribution in [-0.4, -0.2) is 29.9 Å². The highest BCUT2D eigenvalue weighted by atomic mass is 16.2. The number of amides is 1. The number of benzene rings is 1. The van der Waals surface area contributed by atoms with Gasteiger partial charge in [0, 0.05) is 37.2 Å². The monoisotopic (exact) mass is 284 g/mol. The van der Waals surface area contributed by atoms with Gasteiger partial charge in [0.2, 0.25) is 5.91 Å².